The summed E-state index contributed by atoms with van der Waals surface area (Å²) in [6.07, 6.45) is -0.243. The minimum absolute atomic E-state index is 0.0984. The van der Waals surface area contributed by atoms with Gasteiger partial charge in [-0.25, -0.2) is 4.79 Å². The molecule has 2 N–H and O–H groups in total. The van der Waals surface area contributed by atoms with Crippen LogP contribution in [-0.4, -0.2) is 39.5 Å². The van der Waals surface area contributed by atoms with Gasteiger partial charge < -0.3 is 15.1 Å². The number of amides is 1. The number of carboxylic acids is 2. The van der Waals surface area contributed by atoms with Crippen LogP contribution < -0.4 is 4.90 Å². The zero-order valence-corrected chi connectivity index (χ0v) is 10.6. The van der Waals surface area contributed by atoms with Gasteiger partial charge in [-0.05, 0) is 12.1 Å². The molecule has 21 heavy (non-hydrogen) atoms. The minimum atomic E-state index is -1.33. The van der Waals surface area contributed by atoms with E-state index in [9.17, 15) is 24.5 Å². The van der Waals surface area contributed by atoms with E-state index < -0.39 is 34.4 Å². The molecule has 1 unspecified atom stereocenters. The zero-order valence-electron chi connectivity index (χ0n) is 10.6. The van der Waals surface area contributed by atoms with Gasteiger partial charge in [-0.3, -0.25) is 19.7 Å². The first-order chi connectivity index (χ1) is 9.81. The predicted octanol–water partition coefficient (Wildman–Crippen LogP) is 0.730. The molecule has 1 aromatic rings. The summed E-state index contributed by atoms with van der Waals surface area (Å²) in [5.74, 6) is -3.97. The molecule has 110 valence electrons. The van der Waals surface area contributed by atoms with Crippen LogP contribution in [-0.2, 0) is 9.59 Å². The van der Waals surface area contributed by atoms with Gasteiger partial charge in [0, 0.05) is 19.0 Å². The number of hydrogen-bond donors (Lipinski definition) is 2. The maximum atomic E-state index is 11.8. The molecule has 9 heteroatoms. The first-order valence-corrected chi connectivity index (χ1v) is 5.86. The van der Waals surface area contributed by atoms with Gasteiger partial charge in [-0.15, -0.1) is 0 Å². The standard InChI is InChI=1S/C12H10N2O7/c15-10-4-7(12(18)19)5-13(10)8-2-1-6(11(16)17)3-9(8)14(20)21/h1-3,7H,4-5H2,(H,16,17)(H,18,19). The number of aliphatic carboxylic acids is 1. The van der Waals surface area contributed by atoms with E-state index in [4.69, 9.17) is 10.2 Å². The maximum Gasteiger partial charge on any atom is 0.335 e. The van der Waals surface area contributed by atoms with Gasteiger partial charge >= 0.3 is 11.9 Å². The molecule has 1 atom stereocenters. The second-order valence-electron chi connectivity index (χ2n) is 4.51. The van der Waals surface area contributed by atoms with Gasteiger partial charge in [0.25, 0.3) is 5.69 Å². The lowest BCUT2D eigenvalue weighted by molar-refractivity contribution is -0.384. The molecule has 9 nitrogen and oxygen atoms in total. The molecular formula is C12H10N2O7. The molecule has 0 aromatic heterocycles. The fourth-order valence-electron chi connectivity index (χ4n) is 2.14. The van der Waals surface area contributed by atoms with Gasteiger partial charge in [0.1, 0.15) is 5.69 Å². The van der Waals surface area contributed by atoms with Crippen LogP contribution in [0, 0.1) is 16.0 Å². The van der Waals surface area contributed by atoms with Crippen molar-refractivity contribution < 1.29 is 29.5 Å². The molecule has 2 rings (SSSR count). The second kappa shape index (κ2) is 5.19. The van der Waals surface area contributed by atoms with Gasteiger partial charge in [0.2, 0.25) is 5.91 Å². The quantitative estimate of drug-likeness (QED) is 0.616. The summed E-state index contributed by atoms with van der Waals surface area (Å²) in [7, 11) is 0. The molecule has 1 aliphatic heterocycles. The van der Waals surface area contributed by atoms with Gasteiger partial charge in [0.15, 0.2) is 0 Å². The van der Waals surface area contributed by atoms with Crippen LogP contribution in [0.5, 0.6) is 0 Å². The highest BCUT2D eigenvalue weighted by molar-refractivity contribution is 6.01. The number of nitro benzene ring substituents is 1. The van der Waals surface area contributed by atoms with E-state index in [1.165, 1.54) is 0 Å². The Morgan fingerprint density at radius 2 is 2.00 bits per heavy atom. The second-order valence-corrected chi connectivity index (χ2v) is 4.51. The molecule has 0 bridgehead atoms. The first-order valence-electron chi connectivity index (χ1n) is 5.86. The molecular weight excluding hydrogens is 284 g/mol. The Labute approximate surface area is 117 Å². The number of carbonyl (C=O) groups is 3. The van der Waals surface area contributed by atoms with Gasteiger partial charge in [0.05, 0.1) is 16.4 Å². The maximum absolute atomic E-state index is 11.8. The van der Waals surface area contributed by atoms with Crippen LogP contribution in [0.25, 0.3) is 0 Å². The smallest absolute Gasteiger partial charge is 0.335 e. The normalized spacial score (nSPS) is 17.8. The SMILES string of the molecule is O=C(O)c1ccc(N2CC(C(=O)O)CC2=O)c([N+](=O)[O-])c1. The molecule has 0 spiro atoms. The van der Waals surface area contributed by atoms with Crippen LogP contribution in [0.3, 0.4) is 0 Å². The minimum Gasteiger partial charge on any atom is -0.481 e. The number of benzene rings is 1. The van der Waals surface area contributed by atoms with E-state index in [-0.39, 0.29) is 24.2 Å². The number of nitrogens with zero attached hydrogens (tertiary/aromatic N) is 2. The molecule has 1 fully saturated rings. The number of aromatic carboxylic acids is 1. The van der Waals surface area contributed by atoms with Crippen LogP contribution >= 0.6 is 0 Å². The van der Waals surface area contributed by atoms with Crippen LogP contribution in [0.1, 0.15) is 16.8 Å². The predicted molar refractivity (Wildman–Crippen MR) is 68.2 cm³/mol. The summed E-state index contributed by atoms with van der Waals surface area (Å²) >= 11 is 0. The average Bonchev–Trinajstić information content (AvgIpc) is 2.80. The third-order valence-electron chi connectivity index (χ3n) is 3.18. The number of nitro groups is 1. The number of carbonyl (C=O) groups excluding carboxylic acids is 1. The molecule has 0 radical (unpaired) electrons. The zero-order chi connectivity index (χ0) is 15.7. The van der Waals surface area contributed by atoms with Crippen molar-refractivity contribution >= 4 is 29.2 Å². The Morgan fingerprint density at radius 1 is 1.33 bits per heavy atom. The van der Waals surface area contributed by atoms with E-state index in [2.05, 4.69) is 0 Å². The fourth-order valence-corrected chi connectivity index (χ4v) is 2.14. The number of anilines is 1. The Kier molecular flexibility index (Phi) is 3.57. The van der Waals surface area contributed by atoms with Crippen molar-refractivity contribution in [2.45, 2.75) is 6.42 Å². The lowest BCUT2D eigenvalue weighted by atomic mass is 10.1. The highest BCUT2D eigenvalue weighted by atomic mass is 16.6. The summed E-state index contributed by atoms with van der Waals surface area (Å²) < 4.78 is 0. The van der Waals surface area contributed by atoms with E-state index in [1.54, 1.807) is 0 Å². The van der Waals surface area contributed by atoms with E-state index in [0.717, 1.165) is 23.1 Å². The Morgan fingerprint density at radius 3 is 2.48 bits per heavy atom. The Bertz CT molecular complexity index is 655. The first kappa shape index (κ1) is 14.4. The van der Waals surface area contributed by atoms with Crippen molar-refractivity contribution in [2.75, 3.05) is 11.4 Å². The summed E-state index contributed by atoms with van der Waals surface area (Å²) in [5, 5.41) is 28.8. The molecule has 0 saturated carbocycles. The fraction of sp³-hybridized carbons (Fsp3) is 0.250. The summed E-state index contributed by atoms with van der Waals surface area (Å²) in [4.78, 5) is 44.8. The molecule has 1 aromatic carbocycles. The Balaban J connectivity index is 2.44. The third-order valence-corrected chi connectivity index (χ3v) is 3.18. The molecule has 1 heterocycles. The van der Waals surface area contributed by atoms with Crippen LogP contribution in [0.15, 0.2) is 18.2 Å². The summed E-state index contributed by atoms with van der Waals surface area (Å²) in [6.45, 7) is -0.179. The topological polar surface area (TPSA) is 138 Å². The van der Waals surface area contributed by atoms with E-state index in [0.29, 0.717) is 0 Å². The Hall–Kier alpha value is -2.97. The number of rotatable bonds is 4. The van der Waals surface area contributed by atoms with Crippen LogP contribution in [0.4, 0.5) is 11.4 Å². The van der Waals surface area contributed by atoms with Crippen molar-refractivity contribution in [3.05, 3.63) is 33.9 Å². The third kappa shape index (κ3) is 2.66. The summed E-state index contributed by atoms with van der Waals surface area (Å²) in [6, 6.07) is 3.12. The van der Waals surface area contributed by atoms with Gasteiger partial charge in [-0.2, -0.15) is 0 Å². The van der Waals surface area contributed by atoms with Crippen molar-refractivity contribution in [3.8, 4) is 0 Å². The number of carboxylic acid groups (broad SMARTS) is 2. The van der Waals surface area contributed by atoms with Crippen molar-refractivity contribution in [2.24, 2.45) is 5.92 Å². The lowest BCUT2D eigenvalue weighted by Crippen LogP contribution is -2.26. The van der Waals surface area contributed by atoms with Crippen LogP contribution in [0.2, 0.25) is 0 Å². The van der Waals surface area contributed by atoms with Crippen molar-refractivity contribution in [1.82, 2.24) is 0 Å². The largest absolute Gasteiger partial charge is 0.481 e. The lowest BCUT2D eigenvalue weighted by Gasteiger charge is -2.16. The molecule has 1 amide bonds. The van der Waals surface area contributed by atoms with Gasteiger partial charge in [-0.1, -0.05) is 0 Å². The van der Waals surface area contributed by atoms with Crippen molar-refractivity contribution in [1.29, 1.82) is 0 Å². The summed E-state index contributed by atoms with van der Waals surface area (Å²) in [5.41, 5.74) is -0.931. The van der Waals surface area contributed by atoms with Crippen molar-refractivity contribution in [3.63, 3.8) is 0 Å². The molecule has 0 aliphatic carbocycles. The van der Waals surface area contributed by atoms with E-state index >= 15 is 0 Å². The molecule has 1 aliphatic rings. The highest BCUT2D eigenvalue weighted by Gasteiger charge is 2.37. The molecule has 1 saturated heterocycles. The highest BCUT2D eigenvalue weighted by Crippen LogP contribution is 2.33. The average molecular weight is 294 g/mol. The van der Waals surface area contributed by atoms with E-state index in [1.807, 2.05) is 0 Å². The number of hydrogen-bond acceptors (Lipinski definition) is 5. The monoisotopic (exact) mass is 294 g/mol.